The Balaban J connectivity index is 3.59. The summed E-state index contributed by atoms with van der Waals surface area (Å²) >= 11 is 0. The van der Waals surface area contributed by atoms with Crippen LogP contribution in [0.3, 0.4) is 0 Å². The van der Waals surface area contributed by atoms with Gasteiger partial charge in [0, 0.05) is 5.56 Å². The van der Waals surface area contributed by atoms with Crippen molar-refractivity contribution in [3.8, 4) is 12.3 Å². The summed E-state index contributed by atoms with van der Waals surface area (Å²) in [6.45, 7) is 1.68. The number of benzene rings is 1. The van der Waals surface area contributed by atoms with Crippen LogP contribution in [0.15, 0.2) is 12.1 Å². The SMILES string of the molecule is C#Cc1c(C)ccc(C(=O)OC)c1C(=O)O. The molecule has 0 saturated carbocycles. The predicted molar refractivity (Wildman–Crippen MR) is 57.4 cm³/mol. The number of methoxy groups -OCH3 is 1. The number of terminal acetylenes is 1. The molecule has 0 saturated heterocycles. The molecule has 16 heavy (non-hydrogen) atoms. The molecule has 4 heteroatoms. The quantitative estimate of drug-likeness (QED) is 0.603. The molecule has 0 atom stereocenters. The molecule has 1 aromatic carbocycles. The van der Waals surface area contributed by atoms with Crippen LogP contribution in [0.4, 0.5) is 0 Å². The Hall–Kier alpha value is -2.28. The molecular weight excluding hydrogens is 208 g/mol. The number of rotatable bonds is 2. The first-order chi connectivity index (χ1) is 7.52. The van der Waals surface area contributed by atoms with Crippen molar-refractivity contribution >= 4 is 11.9 Å². The summed E-state index contributed by atoms with van der Waals surface area (Å²) in [4.78, 5) is 22.4. The van der Waals surface area contributed by atoms with E-state index in [-0.39, 0.29) is 16.7 Å². The highest BCUT2D eigenvalue weighted by Crippen LogP contribution is 2.19. The van der Waals surface area contributed by atoms with Gasteiger partial charge in [-0.2, -0.15) is 0 Å². The van der Waals surface area contributed by atoms with Gasteiger partial charge in [-0.25, -0.2) is 9.59 Å². The molecular formula is C12H10O4. The molecule has 82 valence electrons. The van der Waals surface area contributed by atoms with Crippen LogP contribution in [-0.2, 0) is 4.74 Å². The Morgan fingerprint density at radius 2 is 2.06 bits per heavy atom. The number of aryl methyl sites for hydroxylation is 1. The Morgan fingerprint density at radius 3 is 2.50 bits per heavy atom. The first-order valence-electron chi connectivity index (χ1n) is 4.44. The maximum atomic E-state index is 11.4. The van der Waals surface area contributed by atoms with Crippen molar-refractivity contribution in [1.82, 2.24) is 0 Å². The molecule has 0 aliphatic heterocycles. The molecule has 0 aliphatic rings. The van der Waals surface area contributed by atoms with Crippen molar-refractivity contribution < 1.29 is 19.4 Å². The first-order valence-corrected chi connectivity index (χ1v) is 4.44. The molecule has 0 aromatic heterocycles. The second kappa shape index (κ2) is 4.49. The molecule has 1 N–H and O–H groups in total. The highest BCUT2D eigenvalue weighted by Gasteiger charge is 2.21. The Kier molecular flexibility index (Phi) is 3.31. The maximum Gasteiger partial charge on any atom is 0.338 e. The third kappa shape index (κ3) is 1.89. The van der Waals surface area contributed by atoms with Crippen LogP contribution in [0.5, 0.6) is 0 Å². The lowest BCUT2D eigenvalue weighted by molar-refractivity contribution is 0.0582. The zero-order valence-corrected chi connectivity index (χ0v) is 8.90. The Bertz CT molecular complexity index is 494. The summed E-state index contributed by atoms with van der Waals surface area (Å²) in [5.41, 5.74) is 0.617. The molecule has 0 unspecified atom stereocenters. The fourth-order valence-electron chi connectivity index (χ4n) is 1.40. The van der Waals surface area contributed by atoms with Crippen LogP contribution in [-0.4, -0.2) is 24.2 Å². The van der Waals surface area contributed by atoms with Gasteiger partial charge in [-0.3, -0.25) is 0 Å². The van der Waals surface area contributed by atoms with E-state index in [2.05, 4.69) is 10.7 Å². The van der Waals surface area contributed by atoms with E-state index in [4.69, 9.17) is 11.5 Å². The van der Waals surface area contributed by atoms with E-state index in [0.717, 1.165) is 0 Å². The fourth-order valence-corrected chi connectivity index (χ4v) is 1.40. The van der Waals surface area contributed by atoms with Crippen molar-refractivity contribution in [2.75, 3.05) is 7.11 Å². The van der Waals surface area contributed by atoms with E-state index in [1.807, 2.05) is 0 Å². The standard InChI is InChI=1S/C12H10O4/c1-4-8-7(2)5-6-9(12(15)16-3)10(8)11(13)14/h1,5-6H,2-3H3,(H,13,14). The number of carboxylic acids is 1. The van der Waals surface area contributed by atoms with Crippen LogP contribution in [0, 0.1) is 19.3 Å². The average molecular weight is 218 g/mol. The van der Waals surface area contributed by atoms with Gasteiger partial charge >= 0.3 is 11.9 Å². The first kappa shape index (κ1) is 11.8. The van der Waals surface area contributed by atoms with Gasteiger partial charge in [0.1, 0.15) is 0 Å². The molecule has 0 bridgehead atoms. The lowest BCUT2D eigenvalue weighted by atomic mass is 9.97. The van der Waals surface area contributed by atoms with E-state index in [0.29, 0.717) is 5.56 Å². The highest BCUT2D eigenvalue weighted by molar-refractivity contribution is 6.04. The topological polar surface area (TPSA) is 63.6 Å². The van der Waals surface area contributed by atoms with Gasteiger partial charge in [0.05, 0.1) is 18.2 Å². The number of ether oxygens (including phenoxy) is 1. The predicted octanol–water partition coefficient (Wildman–Crippen LogP) is 1.46. The van der Waals surface area contributed by atoms with Crippen molar-refractivity contribution in [2.45, 2.75) is 6.92 Å². The smallest absolute Gasteiger partial charge is 0.338 e. The second-order valence-corrected chi connectivity index (χ2v) is 3.12. The van der Waals surface area contributed by atoms with Gasteiger partial charge in [0.25, 0.3) is 0 Å². The third-order valence-electron chi connectivity index (χ3n) is 2.18. The monoisotopic (exact) mass is 218 g/mol. The minimum absolute atomic E-state index is 0.0337. The normalized spacial score (nSPS) is 9.31. The molecule has 4 nitrogen and oxygen atoms in total. The minimum Gasteiger partial charge on any atom is -0.478 e. The summed E-state index contributed by atoms with van der Waals surface area (Å²) in [7, 11) is 1.18. The number of carbonyl (C=O) groups is 2. The highest BCUT2D eigenvalue weighted by atomic mass is 16.5. The average Bonchev–Trinajstić information content (AvgIpc) is 2.27. The van der Waals surface area contributed by atoms with Crippen LogP contribution in [0.1, 0.15) is 31.8 Å². The number of carbonyl (C=O) groups excluding carboxylic acids is 1. The van der Waals surface area contributed by atoms with Gasteiger partial charge in [-0.05, 0) is 18.6 Å². The van der Waals surface area contributed by atoms with Gasteiger partial charge in [0.15, 0.2) is 0 Å². The fraction of sp³-hybridized carbons (Fsp3) is 0.167. The molecule has 1 rings (SSSR count). The van der Waals surface area contributed by atoms with Crippen LogP contribution in [0.25, 0.3) is 0 Å². The summed E-state index contributed by atoms with van der Waals surface area (Å²) in [5.74, 6) is 0.323. The summed E-state index contributed by atoms with van der Waals surface area (Å²) in [5, 5.41) is 9.04. The zero-order valence-electron chi connectivity index (χ0n) is 8.90. The number of carboxylic acid groups (broad SMARTS) is 1. The van der Waals surface area contributed by atoms with Crippen molar-refractivity contribution in [2.24, 2.45) is 0 Å². The molecule has 0 aliphatic carbocycles. The van der Waals surface area contributed by atoms with Gasteiger partial charge < -0.3 is 9.84 Å². The zero-order chi connectivity index (χ0) is 12.3. The van der Waals surface area contributed by atoms with E-state index in [9.17, 15) is 9.59 Å². The van der Waals surface area contributed by atoms with E-state index in [1.165, 1.54) is 13.2 Å². The van der Waals surface area contributed by atoms with Crippen molar-refractivity contribution in [3.63, 3.8) is 0 Å². The van der Waals surface area contributed by atoms with E-state index >= 15 is 0 Å². The van der Waals surface area contributed by atoms with Crippen LogP contribution in [0.2, 0.25) is 0 Å². The molecule has 0 amide bonds. The van der Waals surface area contributed by atoms with E-state index in [1.54, 1.807) is 13.0 Å². The third-order valence-corrected chi connectivity index (χ3v) is 2.18. The van der Waals surface area contributed by atoms with Gasteiger partial charge in [-0.15, -0.1) is 6.42 Å². The largest absolute Gasteiger partial charge is 0.478 e. The molecule has 0 fully saturated rings. The van der Waals surface area contributed by atoms with E-state index < -0.39 is 11.9 Å². The van der Waals surface area contributed by atoms with Gasteiger partial charge in [0.2, 0.25) is 0 Å². The molecule has 0 spiro atoms. The minimum atomic E-state index is -1.24. The van der Waals surface area contributed by atoms with Crippen LogP contribution >= 0.6 is 0 Å². The number of hydrogen-bond acceptors (Lipinski definition) is 3. The van der Waals surface area contributed by atoms with Gasteiger partial charge in [-0.1, -0.05) is 12.0 Å². The summed E-state index contributed by atoms with van der Waals surface area (Å²) < 4.78 is 4.50. The lowest BCUT2D eigenvalue weighted by Crippen LogP contribution is -2.13. The number of esters is 1. The summed E-state index contributed by atoms with van der Waals surface area (Å²) in [6, 6.07) is 2.99. The lowest BCUT2D eigenvalue weighted by Gasteiger charge is -2.08. The molecule has 0 radical (unpaired) electrons. The molecule has 0 heterocycles. The Morgan fingerprint density at radius 1 is 1.44 bits per heavy atom. The molecule has 1 aromatic rings. The number of aromatic carboxylic acids is 1. The van der Waals surface area contributed by atoms with Crippen molar-refractivity contribution in [3.05, 3.63) is 34.4 Å². The Labute approximate surface area is 92.9 Å². The maximum absolute atomic E-state index is 11.4. The van der Waals surface area contributed by atoms with Crippen molar-refractivity contribution in [1.29, 1.82) is 0 Å². The van der Waals surface area contributed by atoms with Crippen LogP contribution < -0.4 is 0 Å². The second-order valence-electron chi connectivity index (χ2n) is 3.12. The number of hydrogen-bond donors (Lipinski definition) is 1. The summed E-state index contributed by atoms with van der Waals surface area (Å²) in [6.07, 6.45) is 5.23.